The fraction of sp³-hybridized carbons (Fsp3) is 0.250. The summed E-state index contributed by atoms with van der Waals surface area (Å²) in [6.07, 6.45) is 1.08. The van der Waals surface area contributed by atoms with E-state index in [9.17, 15) is 14.4 Å². The van der Waals surface area contributed by atoms with Crippen molar-refractivity contribution in [1.82, 2.24) is 15.8 Å². The van der Waals surface area contributed by atoms with Crippen LogP contribution in [-0.4, -0.2) is 28.4 Å². The van der Waals surface area contributed by atoms with Crippen LogP contribution < -0.4 is 10.7 Å². The molecule has 1 atom stereocenters. The fourth-order valence-electron chi connectivity index (χ4n) is 2.95. The maximum atomic E-state index is 12.7. The van der Waals surface area contributed by atoms with Gasteiger partial charge in [0.05, 0.1) is 0 Å². The van der Waals surface area contributed by atoms with Crippen LogP contribution in [0.15, 0.2) is 54.6 Å². The minimum atomic E-state index is -1.05. The van der Waals surface area contributed by atoms with Crippen LogP contribution in [0.3, 0.4) is 0 Å². The number of nitrogens with one attached hydrogen (secondary N) is 2. The summed E-state index contributed by atoms with van der Waals surface area (Å²) < 4.78 is 0. The van der Waals surface area contributed by atoms with Gasteiger partial charge in [0, 0.05) is 5.56 Å². The van der Waals surface area contributed by atoms with Crippen LogP contribution in [0.5, 0.6) is 0 Å². The van der Waals surface area contributed by atoms with Crippen molar-refractivity contribution in [2.24, 2.45) is 0 Å². The van der Waals surface area contributed by atoms with E-state index >= 15 is 0 Å². The van der Waals surface area contributed by atoms with E-state index in [1.807, 2.05) is 43.3 Å². The second-order valence-electron chi connectivity index (χ2n) is 6.70. The van der Waals surface area contributed by atoms with E-state index in [4.69, 9.17) is 0 Å². The van der Waals surface area contributed by atoms with Gasteiger partial charge in [0.15, 0.2) is 0 Å². The highest BCUT2D eigenvalue weighted by atomic mass is 16.2. The van der Waals surface area contributed by atoms with Gasteiger partial charge in [0.1, 0.15) is 5.54 Å². The third kappa shape index (κ3) is 3.59. The average molecular weight is 351 g/mol. The molecule has 6 heteroatoms. The van der Waals surface area contributed by atoms with Gasteiger partial charge < -0.3 is 5.32 Å². The normalized spacial score (nSPS) is 19.4. The number of carbonyl (C=O) groups is 3. The zero-order valence-corrected chi connectivity index (χ0v) is 14.8. The van der Waals surface area contributed by atoms with Crippen molar-refractivity contribution >= 4 is 17.8 Å². The average Bonchev–Trinajstić information content (AvgIpc) is 2.84. The molecule has 0 radical (unpaired) electrons. The molecule has 0 aromatic heterocycles. The van der Waals surface area contributed by atoms with Crippen LogP contribution in [0.2, 0.25) is 0 Å². The Morgan fingerprint density at radius 2 is 1.85 bits per heavy atom. The summed E-state index contributed by atoms with van der Waals surface area (Å²) in [5, 5.41) is 3.46. The van der Waals surface area contributed by atoms with Crippen molar-refractivity contribution in [1.29, 1.82) is 0 Å². The van der Waals surface area contributed by atoms with Gasteiger partial charge in [-0.15, -0.1) is 0 Å². The Morgan fingerprint density at radius 1 is 1.12 bits per heavy atom. The number of benzene rings is 2. The van der Waals surface area contributed by atoms with Gasteiger partial charge in [-0.1, -0.05) is 48.0 Å². The van der Waals surface area contributed by atoms with Gasteiger partial charge in [0.2, 0.25) is 0 Å². The molecule has 1 saturated heterocycles. The monoisotopic (exact) mass is 351 g/mol. The molecule has 1 fully saturated rings. The smallest absolute Gasteiger partial charge is 0.322 e. The molecule has 1 aliphatic heterocycles. The molecule has 1 unspecified atom stereocenters. The number of rotatable bonds is 5. The molecule has 2 N–H and O–H groups in total. The number of hydrogen-bond acceptors (Lipinski definition) is 3. The topological polar surface area (TPSA) is 78.5 Å². The number of amides is 4. The molecule has 0 spiro atoms. The first-order chi connectivity index (χ1) is 12.4. The zero-order valence-electron chi connectivity index (χ0n) is 14.8. The summed E-state index contributed by atoms with van der Waals surface area (Å²) in [7, 11) is 0. The number of aryl methyl sites for hydroxylation is 2. The molecule has 0 bridgehead atoms. The molecule has 134 valence electrons. The van der Waals surface area contributed by atoms with Crippen LogP contribution >= 0.6 is 0 Å². The van der Waals surface area contributed by atoms with E-state index in [2.05, 4.69) is 10.7 Å². The zero-order chi connectivity index (χ0) is 18.7. The van der Waals surface area contributed by atoms with Crippen molar-refractivity contribution < 1.29 is 14.4 Å². The number of carbonyl (C=O) groups excluding carboxylic acids is 3. The van der Waals surface area contributed by atoms with Crippen LogP contribution in [0.1, 0.15) is 34.8 Å². The van der Waals surface area contributed by atoms with Crippen LogP contribution in [0.4, 0.5) is 4.79 Å². The lowest BCUT2D eigenvalue weighted by Gasteiger charge is -2.21. The summed E-state index contributed by atoms with van der Waals surface area (Å²) in [5.41, 5.74) is 3.75. The number of imide groups is 1. The Morgan fingerprint density at radius 3 is 2.54 bits per heavy atom. The van der Waals surface area contributed by atoms with Crippen molar-refractivity contribution in [3.05, 3.63) is 71.3 Å². The van der Waals surface area contributed by atoms with Gasteiger partial charge in [-0.25, -0.2) is 4.79 Å². The lowest BCUT2D eigenvalue weighted by atomic mass is 9.93. The largest absolute Gasteiger partial charge is 0.344 e. The molecule has 0 aliphatic carbocycles. The highest BCUT2D eigenvalue weighted by Gasteiger charge is 2.48. The van der Waals surface area contributed by atoms with E-state index < -0.39 is 23.4 Å². The Kier molecular flexibility index (Phi) is 4.75. The van der Waals surface area contributed by atoms with Crippen molar-refractivity contribution in [2.75, 3.05) is 0 Å². The van der Waals surface area contributed by atoms with Gasteiger partial charge in [0.25, 0.3) is 11.8 Å². The van der Waals surface area contributed by atoms with Gasteiger partial charge >= 0.3 is 6.03 Å². The summed E-state index contributed by atoms with van der Waals surface area (Å²) in [4.78, 5) is 37.3. The molecule has 3 rings (SSSR count). The Bertz CT molecular complexity index is 850. The molecule has 4 amide bonds. The number of urea groups is 1. The first-order valence-electron chi connectivity index (χ1n) is 8.47. The molecular weight excluding hydrogens is 330 g/mol. The van der Waals surface area contributed by atoms with E-state index in [-0.39, 0.29) is 0 Å². The number of hydrazine groups is 1. The minimum Gasteiger partial charge on any atom is -0.322 e. The molecular formula is C20H21N3O3. The van der Waals surface area contributed by atoms with Crippen LogP contribution in [-0.2, 0) is 11.2 Å². The summed E-state index contributed by atoms with van der Waals surface area (Å²) >= 11 is 0. The fourth-order valence-corrected chi connectivity index (χ4v) is 2.95. The van der Waals surface area contributed by atoms with Crippen molar-refractivity contribution in [3.8, 4) is 0 Å². The molecule has 0 saturated carbocycles. The van der Waals surface area contributed by atoms with E-state index in [0.717, 1.165) is 16.1 Å². The van der Waals surface area contributed by atoms with Gasteiger partial charge in [-0.3, -0.25) is 15.0 Å². The maximum Gasteiger partial charge on any atom is 0.344 e. The Balaban J connectivity index is 1.69. The minimum absolute atomic E-state index is 0.392. The highest BCUT2D eigenvalue weighted by molar-refractivity contribution is 6.09. The highest BCUT2D eigenvalue weighted by Crippen LogP contribution is 2.22. The van der Waals surface area contributed by atoms with Gasteiger partial charge in [-0.05, 0) is 44.4 Å². The first-order valence-corrected chi connectivity index (χ1v) is 8.47. The summed E-state index contributed by atoms with van der Waals surface area (Å²) in [6, 6.07) is 16.1. The molecule has 2 aromatic carbocycles. The third-order valence-electron chi connectivity index (χ3n) is 4.51. The van der Waals surface area contributed by atoms with E-state index in [1.54, 1.807) is 25.1 Å². The molecule has 1 heterocycles. The maximum absolute atomic E-state index is 12.7. The van der Waals surface area contributed by atoms with Crippen LogP contribution in [0, 0.1) is 6.92 Å². The second-order valence-corrected chi connectivity index (χ2v) is 6.70. The first kappa shape index (κ1) is 17.7. The Labute approximate surface area is 152 Å². The van der Waals surface area contributed by atoms with Crippen molar-refractivity contribution in [2.45, 2.75) is 32.2 Å². The SMILES string of the molecule is Cc1cccc(C(=O)NN2C(=O)NC(C)(CCc3ccccc3)C2=O)c1. The third-order valence-corrected chi connectivity index (χ3v) is 4.51. The quantitative estimate of drug-likeness (QED) is 0.813. The standard InChI is InChI=1S/C20H21N3O3/c1-14-7-6-10-16(13-14)17(24)22-23-18(25)20(2,21-19(23)26)12-11-15-8-4-3-5-9-15/h3-10,13H,11-12H2,1-2H3,(H,21,26)(H,22,24). The van der Waals surface area contributed by atoms with Crippen LogP contribution in [0.25, 0.3) is 0 Å². The number of hydrogen-bond donors (Lipinski definition) is 2. The van der Waals surface area contributed by atoms with E-state index in [1.165, 1.54) is 0 Å². The summed E-state index contributed by atoms with van der Waals surface area (Å²) in [5.74, 6) is -0.955. The van der Waals surface area contributed by atoms with Crippen molar-refractivity contribution in [3.63, 3.8) is 0 Å². The number of nitrogens with zero attached hydrogens (tertiary/aromatic N) is 1. The summed E-state index contributed by atoms with van der Waals surface area (Å²) in [6.45, 7) is 3.54. The molecule has 26 heavy (non-hydrogen) atoms. The molecule has 2 aromatic rings. The predicted molar refractivity (Wildman–Crippen MR) is 97.2 cm³/mol. The lowest BCUT2D eigenvalue weighted by Crippen LogP contribution is -2.48. The molecule has 6 nitrogen and oxygen atoms in total. The van der Waals surface area contributed by atoms with Gasteiger partial charge in [-0.2, -0.15) is 5.01 Å². The second kappa shape index (κ2) is 7.00. The Hall–Kier alpha value is -3.15. The predicted octanol–water partition coefficient (Wildman–Crippen LogP) is 2.58. The molecule has 1 aliphatic rings. The lowest BCUT2D eigenvalue weighted by molar-refractivity contribution is -0.132. The van der Waals surface area contributed by atoms with E-state index in [0.29, 0.717) is 18.4 Å².